The van der Waals surface area contributed by atoms with E-state index in [-0.39, 0.29) is 0 Å². The normalized spacial score (nSPS) is 12.0. The summed E-state index contributed by atoms with van der Waals surface area (Å²) in [6.07, 6.45) is 39.6. The van der Waals surface area contributed by atoms with Gasteiger partial charge in [-0.2, -0.15) is 0 Å². The van der Waals surface area contributed by atoms with Crippen LogP contribution in [0.4, 0.5) is 0 Å². The first-order valence-corrected chi connectivity index (χ1v) is 13.4. The van der Waals surface area contributed by atoms with Crippen LogP contribution in [0.3, 0.4) is 0 Å². The Balaban J connectivity index is 3.15. The average Bonchev–Trinajstić information content (AvgIpc) is 2.76. The van der Waals surface area contributed by atoms with Crippen LogP contribution in [0.1, 0.15) is 142 Å². The van der Waals surface area contributed by atoms with Crippen molar-refractivity contribution in [3.8, 4) is 0 Å². The predicted molar refractivity (Wildman–Crippen MR) is 138 cm³/mol. The highest BCUT2D eigenvalue weighted by atomic mass is 16.4. The molecule has 0 rings (SSSR count). The number of aliphatic carboxylic acids is 1. The van der Waals surface area contributed by atoms with E-state index in [0.29, 0.717) is 6.42 Å². The zero-order chi connectivity index (χ0) is 22.7. The first kappa shape index (κ1) is 29.7. The molecule has 0 heterocycles. The van der Waals surface area contributed by atoms with Gasteiger partial charge in [0.05, 0.1) is 0 Å². The third-order valence-corrected chi connectivity index (χ3v) is 5.76. The van der Waals surface area contributed by atoms with E-state index in [1.807, 2.05) is 0 Å². The molecular weight excluding hydrogens is 380 g/mol. The highest BCUT2D eigenvalue weighted by Crippen LogP contribution is 2.14. The largest absolute Gasteiger partial charge is 0.481 e. The standard InChI is InChI=1S/C29H52O2/c1-2-3-4-5-6-7-8-9-10-11-12-13-14-15-16-17-18-19-20-21-22-23-24-25-26-27-28-29(30)31/h4-5,7-8,10-11H,2-3,6,9,12-28H2,1H3,(H,30,31). The average molecular weight is 433 g/mol. The summed E-state index contributed by atoms with van der Waals surface area (Å²) in [6.45, 7) is 2.22. The number of hydrogen-bond donors (Lipinski definition) is 1. The minimum Gasteiger partial charge on any atom is -0.481 e. The molecule has 2 nitrogen and oxygen atoms in total. The molecule has 0 radical (unpaired) electrons. The van der Waals surface area contributed by atoms with Gasteiger partial charge in [-0.3, -0.25) is 4.79 Å². The van der Waals surface area contributed by atoms with Crippen LogP contribution in [0, 0.1) is 0 Å². The summed E-state index contributed by atoms with van der Waals surface area (Å²) in [7, 11) is 0. The zero-order valence-electron chi connectivity index (χ0n) is 20.7. The van der Waals surface area contributed by atoms with Gasteiger partial charge in [0.1, 0.15) is 0 Å². The van der Waals surface area contributed by atoms with Crippen LogP contribution in [-0.4, -0.2) is 11.1 Å². The molecule has 0 aliphatic heterocycles. The first-order chi connectivity index (χ1) is 15.3. The van der Waals surface area contributed by atoms with E-state index >= 15 is 0 Å². The molecule has 0 amide bonds. The van der Waals surface area contributed by atoms with Gasteiger partial charge in [0.15, 0.2) is 0 Å². The number of carbonyl (C=O) groups is 1. The maximum absolute atomic E-state index is 10.4. The van der Waals surface area contributed by atoms with E-state index in [0.717, 1.165) is 25.7 Å². The van der Waals surface area contributed by atoms with E-state index in [1.165, 1.54) is 103 Å². The fraction of sp³-hybridized carbons (Fsp3) is 0.759. The van der Waals surface area contributed by atoms with Crippen LogP contribution < -0.4 is 0 Å². The summed E-state index contributed by atoms with van der Waals surface area (Å²) in [5, 5.41) is 8.60. The molecule has 0 saturated heterocycles. The third kappa shape index (κ3) is 28.7. The number of rotatable bonds is 24. The summed E-state index contributed by atoms with van der Waals surface area (Å²) < 4.78 is 0. The number of unbranched alkanes of at least 4 members (excludes halogenated alkanes) is 16. The minimum atomic E-state index is -0.655. The van der Waals surface area contributed by atoms with Crippen molar-refractivity contribution in [3.05, 3.63) is 36.5 Å². The molecule has 0 unspecified atom stereocenters. The summed E-state index contributed by atoms with van der Waals surface area (Å²) in [6, 6.07) is 0. The lowest BCUT2D eigenvalue weighted by molar-refractivity contribution is -0.137. The molecule has 31 heavy (non-hydrogen) atoms. The van der Waals surface area contributed by atoms with Gasteiger partial charge in [-0.15, -0.1) is 0 Å². The summed E-state index contributed by atoms with van der Waals surface area (Å²) in [5.41, 5.74) is 0. The van der Waals surface area contributed by atoms with Gasteiger partial charge in [-0.25, -0.2) is 0 Å². The predicted octanol–water partition coefficient (Wildman–Crippen LogP) is 9.95. The fourth-order valence-electron chi connectivity index (χ4n) is 3.78. The molecule has 2 heteroatoms. The van der Waals surface area contributed by atoms with Gasteiger partial charge in [0.2, 0.25) is 0 Å². The van der Waals surface area contributed by atoms with E-state index in [1.54, 1.807) is 0 Å². The van der Waals surface area contributed by atoms with Gasteiger partial charge in [0, 0.05) is 6.42 Å². The molecule has 0 aromatic heterocycles. The quantitative estimate of drug-likeness (QED) is 0.122. The second kappa shape index (κ2) is 26.7. The van der Waals surface area contributed by atoms with Gasteiger partial charge in [-0.05, 0) is 38.5 Å². The molecule has 0 spiro atoms. The Morgan fingerprint density at radius 2 is 0.871 bits per heavy atom. The van der Waals surface area contributed by atoms with E-state index < -0.39 is 5.97 Å². The maximum Gasteiger partial charge on any atom is 0.303 e. The maximum atomic E-state index is 10.4. The van der Waals surface area contributed by atoms with Crippen LogP contribution in [-0.2, 0) is 4.79 Å². The van der Waals surface area contributed by atoms with Crippen molar-refractivity contribution in [1.29, 1.82) is 0 Å². The van der Waals surface area contributed by atoms with Crippen molar-refractivity contribution in [2.75, 3.05) is 0 Å². The lowest BCUT2D eigenvalue weighted by Crippen LogP contribution is -1.93. The van der Waals surface area contributed by atoms with Crippen LogP contribution >= 0.6 is 0 Å². The second-order valence-corrected chi connectivity index (χ2v) is 8.91. The molecule has 0 saturated carbocycles. The third-order valence-electron chi connectivity index (χ3n) is 5.76. The summed E-state index contributed by atoms with van der Waals surface area (Å²) in [4.78, 5) is 10.4. The topological polar surface area (TPSA) is 37.3 Å². The van der Waals surface area contributed by atoms with E-state index in [2.05, 4.69) is 43.4 Å². The molecule has 1 N–H and O–H groups in total. The molecule has 0 aliphatic carbocycles. The smallest absolute Gasteiger partial charge is 0.303 e. The lowest BCUT2D eigenvalue weighted by Gasteiger charge is -2.03. The molecule has 0 atom stereocenters. The highest BCUT2D eigenvalue weighted by Gasteiger charge is 1.97. The Kier molecular flexibility index (Phi) is 25.6. The van der Waals surface area contributed by atoms with Crippen LogP contribution in [0.15, 0.2) is 36.5 Å². The number of carboxylic acid groups (broad SMARTS) is 1. The van der Waals surface area contributed by atoms with Crippen LogP contribution in [0.5, 0.6) is 0 Å². The van der Waals surface area contributed by atoms with E-state index in [9.17, 15) is 4.79 Å². The minimum absolute atomic E-state index is 0.340. The lowest BCUT2D eigenvalue weighted by atomic mass is 10.0. The van der Waals surface area contributed by atoms with Gasteiger partial charge in [-0.1, -0.05) is 133 Å². The Bertz CT molecular complexity index is 448. The van der Waals surface area contributed by atoms with Crippen molar-refractivity contribution in [3.63, 3.8) is 0 Å². The zero-order valence-corrected chi connectivity index (χ0v) is 20.7. The Hall–Kier alpha value is -1.31. The summed E-state index contributed by atoms with van der Waals surface area (Å²) >= 11 is 0. The highest BCUT2D eigenvalue weighted by molar-refractivity contribution is 5.66. The van der Waals surface area contributed by atoms with Crippen LogP contribution in [0.25, 0.3) is 0 Å². The van der Waals surface area contributed by atoms with Gasteiger partial charge >= 0.3 is 5.97 Å². The van der Waals surface area contributed by atoms with Crippen molar-refractivity contribution < 1.29 is 9.90 Å². The van der Waals surface area contributed by atoms with Crippen molar-refractivity contribution in [2.45, 2.75) is 142 Å². The molecule has 0 aromatic carbocycles. The van der Waals surface area contributed by atoms with Crippen molar-refractivity contribution in [2.24, 2.45) is 0 Å². The number of carboxylic acids is 1. The molecular formula is C29H52O2. The molecule has 180 valence electrons. The molecule has 0 fully saturated rings. The molecule has 0 aromatic rings. The second-order valence-electron chi connectivity index (χ2n) is 8.91. The fourth-order valence-corrected chi connectivity index (χ4v) is 3.78. The first-order valence-electron chi connectivity index (χ1n) is 13.4. The number of allylic oxidation sites excluding steroid dienone is 6. The summed E-state index contributed by atoms with van der Waals surface area (Å²) in [5.74, 6) is -0.655. The molecule has 0 bridgehead atoms. The van der Waals surface area contributed by atoms with Gasteiger partial charge in [0.25, 0.3) is 0 Å². The Morgan fingerprint density at radius 3 is 1.29 bits per heavy atom. The van der Waals surface area contributed by atoms with E-state index in [4.69, 9.17) is 5.11 Å². The monoisotopic (exact) mass is 432 g/mol. The number of hydrogen-bond acceptors (Lipinski definition) is 1. The van der Waals surface area contributed by atoms with Gasteiger partial charge < -0.3 is 5.11 Å². The van der Waals surface area contributed by atoms with Crippen molar-refractivity contribution >= 4 is 5.97 Å². The molecule has 0 aliphatic rings. The Morgan fingerprint density at radius 1 is 0.516 bits per heavy atom. The van der Waals surface area contributed by atoms with Crippen LogP contribution in [0.2, 0.25) is 0 Å². The Labute approximate surface area is 194 Å². The SMILES string of the molecule is CCCC=CCC=CCC=CCCCCCCCCCCCCCCCCCC(=O)O. The van der Waals surface area contributed by atoms with Crippen molar-refractivity contribution in [1.82, 2.24) is 0 Å².